The largest absolute Gasteiger partial charge is 0.465 e. The molecule has 0 saturated carbocycles. The van der Waals surface area contributed by atoms with Gasteiger partial charge in [0.25, 0.3) is 0 Å². The average molecular weight is 477 g/mol. The predicted molar refractivity (Wildman–Crippen MR) is 133 cm³/mol. The molecule has 0 spiro atoms. The lowest BCUT2D eigenvalue weighted by molar-refractivity contribution is 0.0223. The Bertz CT molecular complexity index is 1310. The number of likely N-dealkylation sites (tertiary alicyclic amines) is 1. The van der Waals surface area contributed by atoms with Gasteiger partial charge in [0.1, 0.15) is 11.2 Å². The van der Waals surface area contributed by atoms with Crippen LogP contribution in [0, 0.1) is 6.92 Å². The highest BCUT2D eigenvalue weighted by Crippen LogP contribution is 2.40. The first-order valence-corrected chi connectivity index (χ1v) is 12.2. The first-order valence-electron chi connectivity index (χ1n) is 12.2. The zero-order chi connectivity index (χ0) is 24.9. The molecule has 0 radical (unpaired) electrons. The van der Waals surface area contributed by atoms with Crippen molar-refractivity contribution in [3.8, 4) is 11.1 Å². The number of fused-ring (bicyclic) bond motifs is 2. The molecular weight excluding hydrogens is 444 g/mol. The Balaban J connectivity index is 1.60. The molecule has 8 heteroatoms. The van der Waals surface area contributed by atoms with Crippen molar-refractivity contribution in [1.82, 2.24) is 19.8 Å². The maximum atomic E-state index is 13.1. The third-order valence-electron chi connectivity index (χ3n) is 6.95. The molecule has 1 aromatic carbocycles. The van der Waals surface area contributed by atoms with Gasteiger partial charge in [-0.2, -0.15) is 0 Å². The van der Waals surface area contributed by atoms with E-state index >= 15 is 0 Å². The second-order valence-electron chi connectivity index (χ2n) is 10.6. The van der Waals surface area contributed by atoms with Gasteiger partial charge in [0.15, 0.2) is 0 Å². The minimum atomic E-state index is -0.912. The van der Waals surface area contributed by atoms with Crippen LogP contribution in [0.4, 0.5) is 9.59 Å². The van der Waals surface area contributed by atoms with Gasteiger partial charge in [-0.25, -0.2) is 14.6 Å². The molecule has 0 bridgehead atoms. The van der Waals surface area contributed by atoms with Gasteiger partial charge in [-0.15, -0.1) is 0 Å². The summed E-state index contributed by atoms with van der Waals surface area (Å²) in [5, 5.41) is 10.7. The van der Waals surface area contributed by atoms with Crippen LogP contribution >= 0.6 is 0 Å². The molecule has 1 atom stereocenters. The molecule has 2 amide bonds. The SMILES string of the molecule is Cc1c[nH]c2ncc(-c3cc4c(c(C5CCCN5C(=O)OC(C)(C)C)c3)CCN(C(=O)O)C4)cc12. The van der Waals surface area contributed by atoms with Crippen LogP contribution < -0.4 is 0 Å². The molecule has 2 aliphatic rings. The van der Waals surface area contributed by atoms with E-state index in [4.69, 9.17) is 4.74 Å². The first-order chi connectivity index (χ1) is 16.6. The van der Waals surface area contributed by atoms with E-state index in [-0.39, 0.29) is 12.1 Å². The van der Waals surface area contributed by atoms with Crippen LogP contribution in [0.5, 0.6) is 0 Å². The van der Waals surface area contributed by atoms with Crippen molar-refractivity contribution in [3.05, 3.63) is 52.8 Å². The number of pyridine rings is 1. The number of rotatable bonds is 2. The Labute approximate surface area is 204 Å². The Morgan fingerprint density at radius 3 is 2.71 bits per heavy atom. The normalized spacial score (nSPS) is 18.1. The summed E-state index contributed by atoms with van der Waals surface area (Å²) < 4.78 is 5.72. The monoisotopic (exact) mass is 476 g/mol. The summed E-state index contributed by atoms with van der Waals surface area (Å²) >= 11 is 0. The van der Waals surface area contributed by atoms with Crippen molar-refractivity contribution in [2.75, 3.05) is 13.1 Å². The fourth-order valence-corrected chi connectivity index (χ4v) is 5.28. The maximum absolute atomic E-state index is 13.1. The van der Waals surface area contributed by atoms with E-state index in [1.165, 1.54) is 4.90 Å². The molecule has 3 aromatic rings. The van der Waals surface area contributed by atoms with E-state index < -0.39 is 11.7 Å². The van der Waals surface area contributed by atoms with Gasteiger partial charge in [-0.1, -0.05) is 0 Å². The molecule has 5 rings (SSSR count). The van der Waals surface area contributed by atoms with Crippen LogP contribution in [0.2, 0.25) is 0 Å². The summed E-state index contributed by atoms with van der Waals surface area (Å²) in [6.45, 7) is 9.12. The van der Waals surface area contributed by atoms with Gasteiger partial charge in [-0.3, -0.25) is 0 Å². The predicted octanol–water partition coefficient (Wildman–Crippen LogP) is 5.65. The Morgan fingerprint density at radius 2 is 1.97 bits per heavy atom. The molecule has 2 aromatic heterocycles. The van der Waals surface area contributed by atoms with Gasteiger partial charge >= 0.3 is 12.2 Å². The lowest BCUT2D eigenvalue weighted by Crippen LogP contribution is -2.38. The van der Waals surface area contributed by atoms with Crippen LogP contribution in [-0.4, -0.2) is 55.8 Å². The number of carbonyl (C=O) groups excluding carboxylic acids is 1. The standard InChI is InChI=1S/C27H32N4O4/c1-16-13-28-24-21(16)12-18(14-29-24)17-10-19-15-30(25(32)33)9-7-20(19)22(11-17)23-6-5-8-31(23)26(34)35-27(2,3)4/h10-14,23H,5-9,15H2,1-4H3,(H,28,29)(H,32,33). The number of carboxylic acid groups (broad SMARTS) is 1. The molecule has 2 N–H and O–H groups in total. The van der Waals surface area contributed by atoms with Gasteiger partial charge in [0.05, 0.1) is 6.04 Å². The molecule has 184 valence electrons. The summed E-state index contributed by atoms with van der Waals surface area (Å²) in [6.07, 6.45) is 4.97. The number of aryl methyl sites for hydroxylation is 1. The summed E-state index contributed by atoms with van der Waals surface area (Å²) in [4.78, 5) is 35.9. The van der Waals surface area contributed by atoms with Crippen LogP contribution in [0.15, 0.2) is 30.6 Å². The number of aromatic nitrogens is 2. The third-order valence-corrected chi connectivity index (χ3v) is 6.95. The Morgan fingerprint density at radius 1 is 1.17 bits per heavy atom. The summed E-state index contributed by atoms with van der Waals surface area (Å²) in [5.41, 5.74) is 6.59. The highest BCUT2D eigenvalue weighted by Gasteiger charge is 2.36. The van der Waals surface area contributed by atoms with Crippen molar-refractivity contribution < 1.29 is 19.4 Å². The number of aromatic amines is 1. The number of hydrogen-bond acceptors (Lipinski definition) is 4. The molecule has 4 heterocycles. The fourth-order valence-electron chi connectivity index (χ4n) is 5.28. The number of nitrogens with one attached hydrogen (secondary N) is 1. The van der Waals surface area contributed by atoms with Crippen molar-refractivity contribution in [2.24, 2.45) is 0 Å². The van der Waals surface area contributed by atoms with Gasteiger partial charge in [0.2, 0.25) is 0 Å². The number of amides is 2. The molecule has 8 nitrogen and oxygen atoms in total. The van der Waals surface area contributed by atoms with Crippen LogP contribution in [0.25, 0.3) is 22.2 Å². The molecule has 2 aliphatic heterocycles. The van der Waals surface area contributed by atoms with E-state index in [0.29, 0.717) is 26.1 Å². The third kappa shape index (κ3) is 4.45. The number of carbonyl (C=O) groups is 2. The lowest BCUT2D eigenvalue weighted by Gasteiger charge is -2.33. The number of ether oxygens (including phenoxy) is 1. The number of nitrogens with zero attached hydrogens (tertiary/aromatic N) is 3. The van der Waals surface area contributed by atoms with Gasteiger partial charge in [0, 0.05) is 43.0 Å². The van der Waals surface area contributed by atoms with E-state index in [2.05, 4.69) is 28.2 Å². The van der Waals surface area contributed by atoms with E-state index in [9.17, 15) is 14.7 Å². The summed E-state index contributed by atoms with van der Waals surface area (Å²) in [7, 11) is 0. The fraction of sp³-hybridized carbons (Fsp3) is 0.444. The number of benzene rings is 1. The van der Waals surface area contributed by atoms with Crippen molar-refractivity contribution in [1.29, 1.82) is 0 Å². The molecule has 1 fully saturated rings. The highest BCUT2D eigenvalue weighted by atomic mass is 16.6. The van der Waals surface area contributed by atoms with E-state index in [0.717, 1.165) is 57.3 Å². The van der Waals surface area contributed by atoms with Crippen molar-refractivity contribution in [3.63, 3.8) is 0 Å². The molecule has 35 heavy (non-hydrogen) atoms. The second kappa shape index (κ2) is 8.59. The average Bonchev–Trinajstić information content (AvgIpc) is 3.44. The summed E-state index contributed by atoms with van der Waals surface area (Å²) in [5.74, 6) is 0. The Hall–Kier alpha value is -3.55. The number of hydrogen-bond donors (Lipinski definition) is 2. The number of H-pyrrole nitrogens is 1. The van der Waals surface area contributed by atoms with Crippen LogP contribution in [0.3, 0.4) is 0 Å². The van der Waals surface area contributed by atoms with Crippen LogP contribution in [0.1, 0.15) is 61.9 Å². The summed E-state index contributed by atoms with van der Waals surface area (Å²) in [6, 6.07) is 6.29. The van der Waals surface area contributed by atoms with Crippen molar-refractivity contribution in [2.45, 2.75) is 65.1 Å². The Kier molecular flexibility index (Phi) is 5.69. The minimum absolute atomic E-state index is 0.0967. The minimum Gasteiger partial charge on any atom is -0.465 e. The molecule has 0 aliphatic carbocycles. The molecule has 1 saturated heterocycles. The molecular formula is C27H32N4O4. The maximum Gasteiger partial charge on any atom is 0.410 e. The van der Waals surface area contributed by atoms with E-state index in [1.807, 2.05) is 45.0 Å². The van der Waals surface area contributed by atoms with Gasteiger partial charge < -0.3 is 24.6 Å². The van der Waals surface area contributed by atoms with Gasteiger partial charge in [-0.05, 0) is 93.0 Å². The zero-order valence-electron chi connectivity index (χ0n) is 20.7. The van der Waals surface area contributed by atoms with E-state index in [1.54, 1.807) is 0 Å². The molecule has 1 unspecified atom stereocenters. The van der Waals surface area contributed by atoms with Crippen molar-refractivity contribution >= 4 is 23.2 Å². The zero-order valence-corrected chi connectivity index (χ0v) is 20.7. The topological polar surface area (TPSA) is 98.8 Å². The second-order valence-corrected chi connectivity index (χ2v) is 10.6. The lowest BCUT2D eigenvalue weighted by atomic mass is 9.86. The highest BCUT2D eigenvalue weighted by molar-refractivity contribution is 5.84. The first kappa shape index (κ1) is 23.2. The van der Waals surface area contributed by atoms with Crippen LogP contribution in [-0.2, 0) is 17.7 Å². The smallest absolute Gasteiger partial charge is 0.410 e. The quantitative estimate of drug-likeness (QED) is 0.498.